The minimum Gasteiger partial charge on any atom is -0.475 e. The maximum absolute atomic E-state index is 10.7. The Hall–Kier alpha value is -1.81. The zero-order valence-electron chi connectivity index (χ0n) is 8.48. The summed E-state index contributed by atoms with van der Waals surface area (Å²) in [7, 11) is 0. The van der Waals surface area contributed by atoms with Crippen LogP contribution in [0.1, 0.15) is 16.1 Å². The van der Waals surface area contributed by atoms with E-state index < -0.39 is 5.97 Å². The molecule has 0 bridgehead atoms. The molecule has 2 aromatic rings. The number of benzene rings is 1. The lowest BCUT2D eigenvalue weighted by molar-refractivity contribution is 0.0663. The van der Waals surface area contributed by atoms with Gasteiger partial charge in [-0.3, -0.25) is 0 Å². The molecular formula is C12H6INO3. The summed E-state index contributed by atoms with van der Waals surface area (Å²) >= 11 is 2.07. The number of aromatic carboxylic acids is 1. The summed E-state index contributed by atoms with van der Waals surface area (Å²) in [6.07, 6.45) is 0. The third-order valence-electron chi connectivity index (χ3n) is 2.19. The number of halogens is 1. The number of carboxylic acids is 1. The second-order valence-corrected chi connectivity index (χ2v) is 4.44. The van der Waals surface area contributed by atoms with E-state index in [0.717, 1.165) is 3.57 Å². The number of hydrogen-bond donors (Lipinski definition) is 1. The molecule has 0 aliphatic rings. The van der Waals surface area contributed by atoms with Gasteiger partial charge in [0.25, 0.3) is 0 Å². The maximum Gasteiger partial charge on any atom is 0.371 e. The van der Waals surface area contributed by atoms with Crippen LogP contribution in [0.4, 0.5) is 0 Å². The molecule has 2 rings (SSSR count). The van der Waals surface area contributed by atoms with Crippen LogP contribution in [0.25, 0.3) is 11.3 Å². The summed E-state index contributed by atoms with van der Waals surface area (Å²) in [5.41, 5.74) is 1.23. The smallest absolute Gasteiger partial charge is 0.371 e. The molecule has 0 atom stereocenters. The van der Waals surface area contributed by atoms with Gasteiger partial charge in [0.05, 0.1) is 5.56 Å². The number of carboxylic acid groups (broad SMARTS) is 1. The van der Waals surface area contributed by atoms with Crippen molar-refractivity contribution in [2.45, 2.75) is 0 Å². The van der Waals surface area contributed by atoms with E-state index in [1.54, 1.807) is 24.3 Å². The Morgan fingerprint density at radius 3 is 2.71 bits per heavy atom. The average Bonchev–Trinajstić information content (AvgIpc) is 2.79. The molecule has 5 heteroatoms. The van der Waals surface area contributed by atoms with E-state index in [1.807, 2.05) is 0 Å². The molecule has 0 unspecified atom stereocenters. The maximum atomic E-state index is 10.7. The molecule has 0 fully saturated rings. The van der Waals surface area contributed by atoms with Crippen LogP contribution < -0.4 is 0 Å². The fourth-order valence-corrected chi connectivity index (χ4v) is 1.83. The highest BCUT2D eigenvalue weighted by atomic mass is 127. The van der Waals surface area contributed by atoms with Crippen LogP contribution in [-0.2, 0) is 0 Å². The van der Waals surface area contributed by atoms with Crippen LogP contribution in [0.5, 0.6) is 0 Å². The summed E-state index contributed by atoms with van der Waals surface area (Å²) in [6.45, 7) is 0. The molecule has 0 saturated carbocycles. The molecule has 84 valence electrons. The van der Waals surface area contributed by atoms with E-state index in [9.17, 15) is 4.79 Å². The van der Waals surface area contributed by atoms with Crippen LogP contribution in [-0.4, -0.2) is 11.1 Å². The summed E-state index contributed by atoms with van der Waals surface area (Å²) in [6, 6.07) is 10.3. The van der Waals surface area contributed by atoms with Crippen LogP contribution in [0.15, 0.2) is 34.7 Å². The van der Waals surface area contributed by atoms with Crippen molar-refractivity contribution in [3.05, 3.63) is 45.2 Å². The van der Waals surface area contributed by atoms with Crippen LogP contribution in [0.2, 0.25) is 0 Å². The van der Waals surface area contributed by atoms with E-state index in [2.05, 4.69) is 28.7 Å². The minimum absolute atomic E-state index is 0.114. The summed E-state index contributed by atoms with van der Waals surface area (Å²) < 4.78 is 6.01. The summed E-state index contributed by atoms with van der Waals surface area (Å²) in [5, 5.41) is 17.6. The van der Waals surface area contributed by atoms with Crippen molar-refractivity contribution in [2.75, 3.05) is 0 Å². The Morgan fingerprint density at radius 1 is 1.35 bits per heavy atom. The quantitative estimate of drug-likeness (QED) is 0.853. The number of nitrogens with zero attached hydrogens (tertiary/aromatic N) is 1. The summed E-state index contributed by atoms with van der Waals surface area (Å²) in [5.74, 6) is -0.783. The second kappa shape index (κ2) is 4.59. The third-order valence-corrected chi connectivity index (χ3v) is 3.13. The molecule has 1 aromatic carbocycles. The SMILES string of the molecule is N#Cc1cc(-c2ccc(C(=O)O)o2)ccc1I. The van der Waals surface area contributed by atoms with Crippen molar-refractivity contribution in [3.8, 4) is 17.4 Å². The lowest BCUT2D eigenvalue weighted by atomic mass is 10.1. The standard InChI is InChI=1S/C12H6INO3/c13-9-2-1-7(5-8(9)6-14)10-3-4-11(17-10)12(15)16/h1-5H,(H,15,16). The minimum atomic E-state index is -1.11. The Labute approximate surface area is 111 Å². The highest BCUT2D eigenvalue weighted by Crippen LogP contribution is 2.25. The van der Waals surface area contributed by atoms with Crippen molar-refractivity contribution in [3.63, 3.8) is 0 Å². The van der Waals surface area contributed by atoms with E-state index in [0.29, 0.717) is 16.9 Å². The van der Waals surface area contributed by atoms with Gasteiger partial charge in [-0.25, -0.2) is 4.79 Å². The van der Waals surface area contributed by atoms with Gasteiger partial charge in [-0.05, 0) is 46.9 Å². The number of carbonyl (C=O) groups is 1. The van der Waals surface area contributed by atoms with Crippen molar-refractivity contribution in [1.29, 1.82) is 5.26 Å². The predicted octanol–water partition coefficient (Wildman–Crippen LogP) is 3.12. The normalized spacial score (nSPS) is 9.88. The molecule has 0 spiro atoms. The first-order valence-corrected chi connectivity index (χ1v) is 5.73. The molecule has 0 radical (unpaired) electrons. The van der Waals surface area contributed by atoms with E-state index in [-0.39, 0.29) is 5.76 Å². The molecule has 17 heavy (non-hydrogen) atoms. The molecule has 0 amide bonds. The average molecular weight is 339 g/mol. The molecule has 0 aliphatic carbocycles. The van der Waals surface area contributed by atoms with Crippen LogP contribution in [0.3, 0.4) is 0 Å². The van der Waals surface area contributed by atoms with Gasteiger partial charge in [0.2, 0.25) is 5.76 Å². The zero-order chi connectivity index (χ0) is 12.4. The number of nitriles is 1. The van der Waals surface area contributed by atoms with Crippen molar-refractivity contribution >= 4 is 28.6 Å². The number of rotatable bonds is 2. The lowest BCUT2D eigenvalue weighted by Gasteiger charge is -1.99. The van der Waals surface area contributed by atoms with Crippen LogP contribution >= 0.6 is 22.6 Å². The Bertz CT molecular complexity index is 625. The molecule has 0 aliphatic heterocycles. The molecule has 1 aromatic heterocycles. The first-order valence-electron chi connectivity index (χ1n) is 4.65. The van der Waals surface area contributed by atoms with Gasteiger partial charge in [0, 0.05) is 9.13 Å². The van der Waals surface area contributed by atoms with Crippen LogP contribution in [0, 0.1) is 14.9 Å². The van der Waals surface area contributed by atoms with Crippen molar-refractivity contribution in [2.24, 2.45) is 0 Å². The monoisotopic (exact) mass is 339 g/mol. The molecule has 1 heterocycles. The molecule has 0 saturated heterocycles. The zero-order valence-corrected chi connectivity index (χ0v) is 10.6. The third kappa shape index (κ3) is 2.31. The fourth-order valence-electron chi connectivity index (χ4n) is 1.37. The van der Waals surface area contributed by atoms with Gasteiger partial charge in [-0.1, -0.05) is 6.07 Å². The Balaban J connectivity index is 2.46. The largest absolute Gasteiger partial charge is 0.475 e. The molecular weight excluding hydrogens is 333 g/mol. The van der Waals surface area contributed by atoms with Gasteiger partial charge in [-0.15, -0.1) is 0 Å². The lowest BCUT2D eigenvalue weighted by Crippen LogP contribution is -1.91. The van der Waals surface area contributed by atoms with Gasteiger partial charge in [0.15, 0.2) is 0 Å². The first kappa shape index (κ1) is 11.7. The highest BCUT2D eigenvalue weighted by molar-refractivity contribution is 14.1. The Kier molecular flexibility index (Phi) is 3.15. The van der Waals surface area contributed by atoms with Gasteiger partial charge in [-0.2, -0.15) is 5.26 Å². The van der Waals surface area contributed by atoms with E-state index in [4.69, 9.17) is 14.8 Å². The Morgan fingerprint density at radius 2 is 2.12 bits per heavy atom. The van der Waals surface area contributed by atoms with Gasteiger partial charge < -0.3 is 9.52 Å². The molecule has 1 N–H and O–H groups in total. The van der Waals surface area contributed by atoms with Gasteiger partial charge in [0.1, 0.15) is 11.8 Å². The predicted molar refractivity (Wildman–Crippen MR) is 68.5 cm³/mol. The summed E-state index contributed by atoms with van der Waals surface area (Å²) in [4.78, 5) is 10.7. The number of hydrogen-bond acceptors (Lipinski definition) is 3. The van der Waals surface area contributed by atoms with Gasteiger partial charge >= 0.3 is 5.97 Å². The second-order valence-electron chi connectivity index (χ2n) is 3.28. The highest BCUT2D eigenvalue weighted by Gasteiger charge is 2.11. The van der Waals surface area contributed by atoms with E-state index >= 15 is 0 Å². The topological polar surface area (TPSA) is 74.2 Å². The molecule has 4 nitrogen and oxygen atoms in total. The number of furan rings is 1. The van der Waals surface area contributed by atoms with Crippen molar-refractivity contribution in [1.82, 2.24) is 0 Å². The van der Waals surface area contributed by atoms with E-state index in [1.165, 1.54) is 6.07 Å². The first-order chi connectivity index (χ1) is 8.11. The fraction of sp³-hybridized carbons (Fsp3) is 0. The van der Waals surface area contributed by atoms with Crippen molar-refractivity contribution < 1.29 is 14.3 Å².